The first-order valence-electron chi connectivity index (χ1n) is 8.07. The first-order chi connectivity index (χ1) is 12.9. The molecule has 142 valence electrons. The van der Waals surface area contributed by atoms with Crippen LogP contribution < -0.4 is 15.4 Å². The van der Waals surface area contributed by atoms with Crippen LogP contribution in [0.5, 0.6) is 5.75 Å². The molecule has 8 heteroatoms. The molecule has 0 saturated carbocycles. The van der Waals surface area contributed by atoms with Crippen LogP contribution in [0.15, 0.2) is 48.5 Å². The lowest BCUT2D eigenvalue weighted by molar-refractivity contribution is -0.152. The monoisotopic (exact) mass is 390 g/mol. The minimum absolute atomic E-state index is 0.361. The van der Waals surface area contributed by atoms with Gasteiger partial charge in [0.2, 0.25) is 0 Å². The number of esters is 1. The largest absolute Gasteiger partial charge is 0.497 e. The molecule has 7 nitrogen and oxygen atoms in total. The van der Waals surface area contributed by atoms with Crippen molar-refractivity contribution in [2.75, 3.05) is 19.0 Å². The summed E-state index contributed by atoms with van der Waals surface area (Å²) in [6.07, 6.45) is -1.03. The van der Waals surface area contributed by atoms with Gasteiger partial charge in [-0.3, -0.25) is 14.4 Å². The number of carbonyl (C=O) groups is 3. The number of hydrogen-bond donors (Lipinski definition) is 2. The summed E-state index contributed by atoms with van der Waals surface area (Å²) >= 11 is 5.85. The molecular formula is C19H19ClN2O5. The summed E-state index contributed by atoms with van der Waals surface area (Å²) in [5, 5.41) is 5.49. The Morgan fingerprint density at radius 1 is 1.11 bits per heavy atom. The van der Waals surface area contributed by atoms with Crippen LogP contribution in [0.25, 0.3) is 0 Å². The Kier molecular flexibility index (Phi) is 7.19. The van der Waals surface area contributed by atoms with Crippen LogP contribution in [0.4, 0.5) is 5.69 Å². The van der Waals surface area contributed by atoms with Gasteiger partial charge in [-0.15, -0.1) is 0 Å². The average Bonchev–Trinajstić information content (AvgIpc) is 2.66. The van der Waals surface area contributed by atoms with Gasteiger partial charge in [0.1, 0.15) is 12.3 Å². The molecule has 0 heterocycles. The van der Waals surface area contributed by atoms with Gasteiger partial charge in [0.25, 0.3) is 11.8 Å². The Morgan fingerprint density at radius 2 is 1.81 bits per heavy atom. The lowest BCUT2D eigenvalue weighted by Crippen LogP contribution is -2.35. The van der Waals surface area contributed by atoms with E-state index in [1.807, 2.05) is 0 Å². The highest BCUT2D eigenvalue weighted by Crippen LogP contribution is 2.15. The van der Waals surface area contributed by atoms with E-state index in [1.165, 1.54) is 14.0 Å². The number of anilines is 1. The SMILES string of the molecule is COc1ccc(C(=O)NCC(=O)O[C@@H](C)C(=O)Nc2cccc(Cl)c2)cc1. The predicted octanol–water partition coefficient (Wildman–Crippen LogP) is 2.65. The quantitative estimate of drug-likeness (QED) is 0.709. The molecular weight excluding hydrogens is 372 g/mol. The highest BCUT2D eigenvalue weighted by Gasteiger charge is 2.18. The lowest BCUT2D eigenvalue weighted by atomic mass is 10.2. The highest BCUT2D eigenvalue weighted by atomic mass is 35.5. The zero-order chi connectivity index (χ0) is 19.8. The molecule has 0 spiro atoms. The van der Waals surface area contributed by atoms with Crippen molar-refractivity contribution in [2.24, 2.45) is 0 Å². The Bertz CT molecular complexity index is 823. The average molecular weight is 391 g/mol. The van der Waals surface area contributed by atoms with Crippen LogP contribution in [-0.4, -0.2) is 37.5 Å². The van der Waals surface area contributed by atoms with E-state index in [2.05, 4.69) is 10.6 Å². The molecule has 2 amide bonds. The number of amides is 2. The van der Waals surface area contributed by atoms with Gasteiger partial charge in [0.05, 0.1) is 7.11 Å². The number of benzene rings is 2. The van der Waals surface area contributed by atoms with Crippen LogP contribution in [0, 0.1) is 0 Å². The van der Waals surface area contributed by atoms with Crippen LogP contribution in [-0.2, 0) is 14.3 Å². The van der Waals surface area contributed by atoms with Crippen molar-refractivity contribution in [1.82, 2.24) is 5.32 Å². The number of rotatable bonds is 7. The van der Waals surface area contributed by atoms with E-state index in [1.54, 1.807) is 48.5 Å². The molecule has 0 radical (unpaired) electrons. The fraction of sp³-hybridized carbons (Fsp3) is 0.211. The number of nitrogens with one attached hydrogen (secondary N) is 2. The van der Waals surface area contributed by atoms with Crippen molar-refractivity contribution >= 4 is 35.1 Å². The summed E-state index contributed by atoms with van der Waals surface area (Å²) in [6, 6.07) is 13.0. The maximum Gasteiger partial charge on any atom is 0.326 e. The number of ether oxygens (including phenoxy) is 2. The Balaban J connectivity index is 1.79. The van der Waals surface area contributed by atoms with Crippen molar-refractivity contribution in [1.29, 1.82) is 0 Å². The minimum atomic E-state index is -1.03. The molecule has 2 aromatic carbocycles. The maximum atomic E-state index is 12.0. The summed E-state index contributed by atoms with van der Waals surface area (Å²) in [6.45, 7) is 1.07. The molecule has 0 aliphatic carbocycles. The summed E-state index contributed by atoms with van der Waals surface area (Å²) in [5.74, 6) is -1.06. The van der Waals surface area contributed by atoms with Crippen molar-refractivity contribution < 1.29 is 23.9 Å². The summed E-state index contributed by atoms with van der Waals surface area (Å²) in [7, 11) is 1.52. The van der Waals surface area contributed by atoms with Crippen molar-refractivity contribution in [3.63, 3.8) is 0 Å². The Morgan fingerprint density at radius 3 is 2.44 bits per heavy atom. The third-order valence-corrected chi connectivity index (χ3v) is 3.75. The predicted molar refractivity (Wildman–Crippen MR) is 101 cm³/mol. The molecule has 2 aromatic rings. The van der Waals surface area contributed by atoms with Crippen molar-refractivity contribution in [3.05, 3.63) is 59.1 Å². The smallest absolute Gasteiger partial charge is 0.326 e. The standard InChI is InChI=1S/C19H19ClN2O5/c1-12(18(24)22-15-5-3-4-14(20)10-15)27-17(23)11-21-19(25)13-6-8-16(26-2)9-7-13/h3-10,12H,11H2,1-2H3,(H,21,25)(H,22,24)/t12-/m0/s1. The summed E-state index contributed by atoms with van der Waals surface area (Å²) < 4.78 is 10.0. The second-order valence-corrected chi connectivity index (χ2v) is 5.98. The first kappa shape index (κ1) is 20.3. The van der Waals surface area contributed by atoms with Crippen LogP contribution in [0.2, 0.25) is 5.02 Å². The van der Waals surface area contributed by atoms with Crippen molar-refractivity contribution in [2.45, 2.75) is 13.0 Å². The maximum absolute atomic E-state index is 12.0. The van der Waals surface area contributed by atoms with E-state index in [0.29, 0.717) is 22.0 Å². The Hall–Kier alpha value is -3.06. The number of methoxy groups -OCH3 is 1. The summed E-state index contributed by atoms with van der Waals surface area (Å²) in [5.41, 5.74) is 0.860. The number of halogens is 1. The molecule has 1 atom stereocenters. The van der Waals surface area contributed by atoms with Gasteiger partial charge < -0.3 is 20.1 Å². The molecule has 0 aliphatic heterocycles. The van der Waals surface area contributed by atoms with E-state index >= 15 is 0 Å². The Labute approximate surface area is 161 Å². The molecule has 0 bridgehead atoms. The summed E-state index contributed by atoms with van der Waals surface area (Å²) in [4.78, 5) is 35.9. The van der Waals surface area contributed by atoms with E-state index in [4.69, 9.17) is 21.1 Å². The fourth-order valence-corrected chi connectivity index (χ4v) is 2.29. The molecule has 0 fully saturated rings. The normalized spacial score (nSPS) is 11.2. The highest BCUT2D eigenvalue weighted by molar-refractivity contribution is 6.30. The molecule has 27 heavy (non-hydrogen) atoms. The first-order valence-corrected chi connectivity index (χ1v) is 8.45. The van der Waals surface area contributed by atoms with Gasteiger partial charge in [0.15, 0.2) is 6.10 Å². The molecule has 0 saturated heterocycles. The van der Waals surface area contributed by atoms with E-state index in [0.717, 1.165) is 0 Å². The van der Waals surface area contributed by atoms with Gasteiger partial charge >= 0.3 is 5.97 Å². The fourth-order valence-electron chi connectivity index (χ4n) is 2.10. The zero-order valence-corrected chi connectivity index (χ0v) is 15.6. The second kappa shape index (κ2) is 9.59. The molecule has 0 aromatic heterocycles. The third kappa shape index (κ3) is 6.31. The van der Waals surface area contributed by atoms with Crippen LogP contribution in [0.3, 0.4) is 0 Å². The van der Waals surface area contributed by atoms with Gasteiger partial charge in [-0.1, -0.05) is 17.7 Å². The molecule has 2 rings (SSSR count). The lowest BCUT2D eigenvalue weighted by Gasteiger charge is -2.14. The van der Waals surface area contributed by atoms with Crippen molar-refractivity contribution in [3.8, 4) is 5.75 Å². The van der Waals surface area contributed by atoms with Crippen LogP contribution in [0.1, 0.15) is 17.3 Å². The molecule has 0 unspecified atom stereocenters. The van der Waals surface area contributed by atoms with Gasteiger partial charge in [-0.05, 0) is 49.4 Å². The topological polar surface area (TPSA) is 93.7 Å². The molecule has 2 N–H and O–H groups in total. The zero-order valence-electron chi connectivity index (χ0n) is 14.8. The van der Waals surface area contributed by atoms with Crippen LogP contribution >= 0.6 is 11.6 Å². The van der Waals surface area contributed by atoms with Gasteiger partial charge in [-0.2, -0.15) is 0 Å². The third-order valence-electron chi connectivity index (χ3n) is 3.52. The van der Waals surface area contributed by atoms with E-state index in [-0.39, 0.29) is 6.54 Å². The number of hydrogen-bond acceptors (Lipinski definition) is 5. The molecule has 0 aliphatic rings. The number of carbonyl (C=O) groups excluding carboxylic acids is 3. The van der Waals surface area contributed by atoms with Gasteiger partial charge in [-0.25, -0.2) is 0 Å². The van der Waals surface area contributed by atoms with E-state index < -0.39 is 23.9 Å². The van der Waals surface area contributed by atoms with E-state index in [9.17, 15) is 14.4 Å². The second-order valence-electron chi connectivity index (χ2n) is 5.54. The van der Waals surface area contributed by atoms with Gasteiger partial charge in [0, 0.05) is 16.3 Å². The minimum Gasteiger partial charge on any atom is -0.497 e.